The van der Waals surface area contributed by atoms with Crippen LogP contribution < -0.4 is 0 Å². The highest BCUT2D eigenvalue weighted by Crippen LogP contribution is 2.59. The molecule has 0 saturated heterocycles. The van der Waals surface area contributed by atoms with Gasteiger partial charge in [0, 0.05) is 34.5 Å². The van der Waals surface area contributed by atoms with E-state index in [2.05, 4.69) is 6.08 Å². The maximum absolute atomic E-state index is 14.5. The predicted molar refractivity (Wildman–Crippen MR) is 205 cm³/mol. The van der Waals surface area contributed by atoms with E-state index in [1.54, 1.807) is 17.4 Å². The molecular weight excluding hydrogens is 759 g/mol. The fourth-order valence-electron chi connectivity index (χ4n) is 8.17. The van der Waals surface area contributed by atoms with Crippen LogP contribution in [0, 0.1) is 5.41 Å². The maximum Gasteiger partial charge on any atom is 0.416 e. The molecule has 4 atom stereocenters. The molecule has 2 N–H and O–H groups in total. The van der Waals surface area contributed by atoms with Crippen LogP contribution in [-0.2, 0) is 29.0 Å². The topological polar surface area (TPSA) is 108 Å². The SMILES string of the molecule is CC1=CCCC2(C)C(CCC2(O)CN(CCc2cccs2)S(C)(=O)=O)c2ccc(cc2C(=O)c2ccc(-c3cc(C(F)(F)F)ccc3Cl)o2)CC(O)CC1. The first-order valence-corrected chi connectivity index (χ1v) is 21.2. The number of hydrogen-bond donors (Lipinski definition) is 2. The van der Waals surface area contributed by atoms with E-state index in [1.807, 2.05) is 43.5 Å². The van der Waals surface area contributed by atoms with Crippen LogP contribution in [0.1, 0.15) is 96.0 Å². The zero-order chi connectivity index (χ0) is 39.1. The highest BCUT2D eigenvalue weighted by atomic mass is 35.5. The third-order valence-electron chi connectivity index (χ3n) is 11.4. The summed E-state index contributed by atoms with van der Waals surface area (Å²) < 4.78 is 74.4. The molecule has 7 rings (SSSR count). The molecule has 3 aliphatic carbocycles. The lowest BCUT2D eigenvalue weighted by Crippen LogP contribution is -2.54. The van der Waals surface area contributed by atoms with Gasteiger partial charge in [-0.2, -0.15) is 17.5 Å². The summed E-state index contributed by atoms with van der Waals surface area (Å²) in [7, 11) is -3.71. The summed E-state index contributed by atoms with van der Waals surface area (Å²) >= 11 is 7.85. The summed E-state index contributed by atoms with van der Waals surface area (Å²) in [5.74, 6) is -1.01. The van der Waals surface area contributed by atoms with Crippen LogP contribution >= 0.6 is 22.9 Å². The van der Waals surface area contributed by atoms with Crippen molar-refractivity contribution in [3.63, 3.8) is 0 Å². The number of aliphatic hydroxyl groups is 2. The van der Waals surface area contributed by atoms with Crippen LogP contribution in [0.15, 0.2) is 82.1 Å². The Kier molecular flexibility index (Phi) is 11.8. The average molecular weight is 804 g/mol. The van der Waals surface area contributed by atoms with Gasteiger partial charge in [-0.3, -0.25) is 4.79 Å². The van der Waals surface area contributed by atoms with Crippen LogP contribution in [0.5, 0.6) is 0 Å². The molecule has 0 spiro atoms. The zero-order valence-electron chi connectivity index (χ0n) is 30.5. The van der Waals surface area contributed by atoms with Crippen LogP contribution in [-0.4, -0.2) is 59.8 Å². The molecule has 0 radical (unpaired) electrons. The van der Waals surface area contributed by atoms with E-state index >= 15 is 0 Å². The Hall–Kier alpha value is -3.26. The number of carbonyl (C=O) groups is 1. The van der Waals surface area contributed by atoms with Crippen molar-refractivity contribution in [2.45, 2.75) is 89.0 Å². The summed E-state index contributed by atoms with van der Waals surface area (Å²) in [4.78, 5) is 15.5. The molecule has 4 aromatic rings. The lowest BCUT2D eigenvalue weighted by Gasteiger charge is -2.45. The lowest BCUT2D eigenvalue weighted by molar-refractivity contribution is -0.137. The van der Waals surface area contributed by atoms with E-state index in [0.29, 0.717) is 49.7 Å². The van der Waals surface area contributed by atoms with Crippen molar-refractivity contribution in [3.8, 4) is 11.3 Å². The number of allylic oxidation sites excluding steroid dienone is 2. The molecule has 290 valence electrons. The number of aliphatic hydroxyl groups excluding tert-OH is 1. The molecule has 0 amide bonds. The van der Waals surface area contributed by atoms with E-state index in [-0.39, 0.29) is 59.5 Å². The smallest absolute Gasteiger partial charge is 0.416 e. The summed E-state index contributed by atoms with van der Waals surface area (Å²) in [6, 6.07) is 15.1. The monoisotopic (exact) mass is 803 g/mol. The quantitative estimate of drug-likeness (QED) is 0.129. The Morgan fingerprint density at radius 3 is 2.57 bits per heavy atom. The van der Waals surface area contributed by atoms with E-state index in [4.69, 9.17) is 16.0 Å². The number of sulfonamides is 1. The third kappa shape index (κ3) is 8.59. The number of nitrogens with zero attached hydrogens (tertiary/aromatic N) is 1. The molecule has 3 aliphatic rings. The molecule has 2 heterocycles. The van der Waals surface area contributed by atoms with Crippen molar-refractivity contribution >= 4 is 38.7 Å². The Morgan fingerprint density at radius 1 is 1.09 bits per heavy atom. The van der Waals surface area contributed by atoms with E-state index in [9.17, 15) is 36.6 Å². The third-order valence-corrected chi connectivity index (χ3v) is 13.9. The van der Waals surface area contributed by atoms with Gasteiger partial charge < -0.3 is 14.6 Å². The minimum absolute atomic E-state index is 0.00429. The Morgan fingerprint density at radius 2 is 1.87 bits per heavy atom. The highest BCUT2D eigenvalue weighted by Gasteiger charge is 2.58. The van der Waals surface area contributed by atoms with Gasteiger partial charge in [0.1, 0.15) is 5.76 Å². The van der Waals surface area contributed by atoms with Crippen molar-refractivity contribution in [2.24, 2.45) is 5.41 Å². The van der Waals surface area contributed by atoms with E-state index in [0.717, 1.165) is 34.9 Å². The molecule has 54 heavy (non-hydrogen) atoms. The van der Waals surface area contributed by atoms with Gasteiger partial charge in [-0.05, 0) is 123 Å². The van der Waals surface area contributed by atoms with Gasteiger partial charge >= 0.3 is 6.18 Å². The number of carbonyl (C=O) groups excluding carboxylic acids is 1. The fraction of sp³-hybridized carbons (Fsp3) is 0.439. The molecular formula is C41H45ClF3NO6S2. The Labute approximate surface area is 323 Å². The Balaban J connectivity index is 1.41. The van der Waals surface area contributed by atoms with Gasteiger partial charge in [-0.15, -0.1) is 11.3 Å². The van der Waals surface area contributed by atoms with Crippen molar-refractivity contribution in [3.05, 3.63) is 116 Å². The Bertz CT molecular complexity index is 2130. The first kappa shape index (κ1) is 40.4. The summed E-state index contributed by atoms with van der Waals surface area (Å²) in [6.45, 7) is 4.09. The van der Waals surface area contributed by atoms with Crippen molar-refractivity contribution in [1.29, 1.82) is 0 Å². The van der Waals surface area contributed by atoms with Gasteiger partial charge in [0.2, 0.25) is 15.8 Å². The number of rotatable bonds is 9. The van der Waals surface area contributed by atoms with Crippen LogP contribution in [0.25, 0.3) is 11.3 Å². The molecule has 1 fully saturated rings. The van der Waals surface area contributed by atoms with E-state index < -0.39 is 44.7 Å². The minimum Gasteiger partial charge on any atom is -0.453 e. The normalized spacial score (nSPS) is 24.0. The first-order valence-electron chi connectivity index (χ1n) is 18.1. The largest absolute Gasteiger partial charge is 0.453 e. The second kappa shape index (κ2) is 15.7. The van der Waals surface area contributed by atoms with Crippen LogP contribution in [0.2, 0.25) is 5.02 Å². The number of furan rings is 1. The molecule has 0 aliphatic heterocycles. The molecule has 2 bridgehead atoms. The van der Waals surface area contributed by atoms with Gasteiger partial charge in [-0.25, -0.2) is 8.42 Å². The number of hydrogen-bond acceptors (Lipinski definition) is 7. The lowest BCUT2D eigenvalue weighted by atomic mass is 9.65. The molecule has 4 unspecified atom stereocenters. The molecule has 7 nitrogen and oxygen atoms in total. The number of halogens is 4. The number of alkyl halides is 3. The summed E-state index contributed by atoms with van der Waals surface area (Å²) in [6.07, 6.45) is 1.78. The second-order valence-electron chi connectivity index (χ2n) is 15.1. The molecule has 13 heteroatoms. The maximum atomic E-state index is 14.5. The van der Waals surface area contributed by atoms with Gasteiger partial charge in [-0.1, -0.05) is 48.4 Å². The first-order chi connectivity index (χ1) is 25.4. The molecule has 2 aromatic heterocycles. The number of ketones is 1. The van der Waals surface area contributed by atoms with E-state index in [1.165, 1.54) is 16.4 Å². The predicted octanol–water partition coefficient (Wildman–Crippen LogP) is 9.45. The number of benzene rings is 2. The van der Waals surface area contributed by atoms with Crippen LogP contribution in [0.4, 0.5) is 13.2 Å². The minimum atomic E-state index is -4.61. The van der Waals surface area contributed by atoms with Crippen molar-refractivity contribution in [2.75, 3.05) is 19.3 Å². The van der Waals surface area contributed by atoms with Crippen molar-refractivity contribution < 1.29 is 41.0 Å². The standard InChI is InChI=1S/C41H45ClF3NO6S2/c1-26-6-4-18-39(2)34(16-19-40(39,49)25-46(54(3,50)51)20-17-30-7-5-21-53-30)31-12-9-27(22-29(47)11-8-26)23-32(31)38(48)37-15-14-36(52-37)33-24-28(41(43,44)45)10-13-35(33)42/h5-7,9-10,12-15,21,23-24,29,34,47,49H,4,8,11,16-20,22,25H2,1-3H3. The number of thiophene rings is 1. The van der Waals surface area contributed by atoms with Gasteiger partial charge in [0.25, 0.3) is 0 Å². The molecule has 1 saturated carbocycles. The zero-order valence-corrected chi connectivity index (χ0v) is 32.8. The van der Waals surface area contributed by atoms with Crippen molar-refractivity contribution in [1.82, 2.24) is 4.31 Å². The molecule has 2 aromatic carbocycles. The number of fused-ring (bicyclic) bond motifs is 8. The average Bonchev–Trinajstić information content (AvgIpc) is 3.86. The summed E-state index contributed by atoms with van der Waals surface area (Å²) in [5.41, 5.74) is -0.506. The highest BCUT2D eigenvalue weighted by molar-refractivity contribution is 7.88. The summed E-state index contributed by atoms with van der Waals surface area (Å²) in [5, 5.41) is 25.6. The van der Waals surface area contributed by atoms with Crippen LogP contribution in [0.3, 0.4) is 0 Å². The fourth-order valence-corrected chi connectivity index (χ4v) is 9.95. The van der Waals surface area contributed by atoms with Gasteiger partial charge in [0.05, 0.1) is 28.5 Å². The second-order valence-corrected chi connectivity index (χ2v) is 18.5. The van der Waals surface area contributed by atoms with Gasteiger partial charge in [0.15, 0.2) is 5.76 Å².